The number of sulfonamides is 1. The fraction of sp³-hybridized carbons (Fsp3) is 0.347. The molecule has 3 fully saturated rings. The summed E-state index contributed by atoms with van der Waals surface area (Å²) in [5, 5.41) is 29.2. The summed E-state index contributed by atoms with van der Waals surface area (Å²) in [4.78, 5) is 80.8. The van der Waals surface area contributed by atoms with Gasteiger partial charge in [-0.2, -0.15) is 4.31 Å². The molecule has 5 N–H and O–H groups in total. The molecule has 5 aromatic rings. The van der Waals surface area contributed by atoms with Gasteiger partial charge in [-0.15, -0.1) is 11.3 Å². The fourth-order valence-electron chi connectivity index (χ4n) is 10.1. The van der Waals surface area contributed by atoms with Gasteiger partial charge in [-0.3, -0.25) is 24.6 Å². The van der Waals surface area contributed by atoms with Gasteiger partial charge in [-0.1, -0.05) is 48.0 Å². The molecule has 0 spiro atoms. The molecular formula is C49H50ClN7O11S2. The van der Waals surface area contributed by atoms with Crippen molar-refractivity contribution in [2.24, 2.45) is 0 Å². The number of carbonyl (C=O) groups excluding carboxylic acids is 4. The molecule has 9 rings (SSSR count). The Labute approximate surface area is 412 Å². The van der Waals surface area contributed by atoms with Crippen molar-refractivity contribution in [3.63, 3.8) is 0 Å². The van der Waals surface area contributed by atoms with Crippen molar-refractivity contribution in [2.75, 3.05) is 59.8 Å². The van der Waals surface area contributed by atoms with Gasteiger partial charge in [0.15, 0.2) is 17.2 Å². The number of amides is 5. The number of nitrogens with zero attached hydrogens (tertiary/aromatic N) is 4. The van der Waals surface area contributed by atoms with E-state index in [1.807, 2.05) is 44.2 Å². The minimum Gasteiger partial charge on any atom is -0.479 e. The Balaban J connectivity index is 0.813. The number of halogens is 1. The molecule has 21 heteroatoms. The predicted octanol–water partition coefficient (Wildman–Crippen LogP) is 7.08. The van der Waals surface area contributed by atoms with Crippen LogP contribution in [-0.2, 0) is 30.2 Å². The van der Waals surface area contributed by atoms with E-state index >= 15 is 0 Å². The number of thiophene rings is 1. The minimum atomic E-state index is -3.83. The monoisotopic (exact) mass is 1010 g/mol. The molecule has 0 saturated carbocycles. The first-order valence-corrected chi connectivity index (χ1v) is 25.6. The highest BCUT2D eigenvalue weighted by Crippen LogP contribution is 2.47. The molecule has 4 aliphatic rings. The van der Waals surface area contributed by atoms with E-state index in [0.717, 1.165) is 27.8 Å². The molecule has 3 saturated heterocycles. The van der Waals surface area contributed by atoms with E-state index in [4.69, 9.17) is 21.4 Å². The Hall–Kier alpha value is -6.74. The number of nitrogens with one attached hydrogen (secondary N) is 3. The van der Waals surface area contributed by atoms with Gasteiger partial charge in [0.1, 0.15) is 11.1 Å². The zero-order valence-electron chi connectivity index (χ0n) is 38.2. The Bertz CT molecular complexity index is 3090. The van der Waals surface area contributed by atoms with Gasteiger partial charge in [-0.05, 0) is 93.1 Å². The van der Waals surface area contributed by atoms with Crippen molar-refractivity contribution in [1.29, 1.82) is 0 Å². The number of imide groups is 1. The third-order valence-corrected chi connectivity index (χ3v) is 16.9. The largest absolute Gasteiger partial charge is 0.479 e. The normalized spacial score (nSPS) is 19.5. The number of carboxylic acid groups (broad SMARTS) is 2. The van der Waals surface area contributed by atoms with Crippen molar-refractivity contribution < 1.29 is 52.1 Å². The summed E-state index contributed by atoms with van der Waals surface area (Å²) in [5.74, 6) is -4.17. The SMILES string of the molecule is CC1(C)C[C@@H](Nc2cccc(-c3sc(C(=O)O)c(OCC(=O)O)c3Cl)c2)CCN1S(=O)(=O)Cc1cccc(NC(=O)N2CCCN(c3ccc4c5c(cccc35)N(C3CCC(=O)NC3=O)C4=O)CC2)c1. The molecule has 1 aromatic heterocycles. The highest BCUT2D eigenvalue weighted by Gasteiger charge is 2.43. The van der Waals surface area contributed by atoms with E-state index in [1.165, 1.54) is 9.21 Å². The van der Waals surface area contributed by atoms with Gasteiger partial charge in [-0.25, -0.2) is 22.8 Å². The number of hydrogen-bond acceptors (Lipinski definition) is 12. The smallest absolute Gasteiger partial charge is 0.349 e. The number of urea groups is 1. The Morgan fingerprint density at radius 2 is 1.67 bits per heavy atom. The molecular weight excluding hydrogens is 962 g/mol. The number of ether oxygens (including phenoxy) is 1. The molecule has 0 radical (unpaired) electrons. The van der Waals surface area contributed by atoms with Crippen LogP contribution in [0.2, 0.25) is 5.02 Å². The number of aliphatic carboxylic acids is 1. The molecule has 366 valence electrons. The summed E-state index contributed by atoms with van der Waals surface area (Å²) in [5.41, 5.74) is 3.55. The molecule has 4 aromatic carbocycles. The van der Waals surface area contributed by atoms with Gasteiger partial charge < -0.3 is 35.4 Å². The highest BCUT2D eigenvalue weighted by molar-refractivity contribution is 7.88. The number of piperidine rings is 2. The Morgan fingerprint density at radius 1 is 0.900 bits per heavy atom. The van der Waals surface area contributed by atoms with Crippen LogP contribution in [0.25, 0.3) is 21.2 Å². The summed E-state index contributed by atoms with van der Waals surface area (Å²) < 4.78 is 35.0. The zero-order chi connectivity index (χ0) is 49.6. The van der Waals surface area contributed by atoms with Crippen LogP contribution < -0.4 is 30.5 Å². The molecule has 0 bridgehead atoms. The van der Waals surface area contributed by atoms with Crippen LogP contribution in [0.15, 0.2) is 78.9 Å². The van der Waals surface area contributed by atoms with Crippen molar-refractivity contribution in [3.05, 3.63) is 99.9 Å². The maximum absolute atomic E-state index is 14.1. The number of anilines is 4. The summed E-state index contributed by atoms with van der Waals surface area (Å²) in [6, 6.07) is 22.2. The topological polar surface area (TPSA) is 235 Å². The van der Waals surface area contributed by atoms with E-state index in [1.54, 1.807) is 53.4 Å². The number of benzene rings is 4. The first kappa shape index (κ1) is 48.3. The van der Waals surface area contributed by atoms with Gasteiger partial charge >= 0.3 is 18.0 Å². The summed E-state index contributed by atoms with van der Waals surface area (Å²) in [6.45, 7) is 5.30. The Morgan fingerprint density at radius 3 is 2.43 bits per heavy atom. The van der Waals surface area contributed by atoms with E-state index in [9.17, 15) is 42.3 Å². The van der Waals surface area contributed by atoms with E-state index in [2.05, 4.69) is 20.9 Å². The lowest BCUT2D eigenvalue weighted by atomic mass is 9.89. The van der Waals surface area contributed by atoms with Crippen LogP contribution in [-0.4, -0.2) is 120 Å². The predicted molar refractivity (Wildman–Crippen MR) is 266 cm³/mol. The maximum atomic E-state index is 14.1. The molecule has 2 atom stereocenters. The fourth-order valence-corrected chi connectivity index (χ4v) is 13.5. The quantitative estimate of drug-likeness (QED) is 0.0743. The van der Waals surface area contributed by atoms with Gasteiger partial charge in [0.25, 0.3) is 5.91 Å². The first-order valence-electron chi connectivity index (χ1n) is 22.8. The van der Waals surface area contributed by atoms with Gasteiger partial charge in [0.2, 0.25) is 21.8 Å². The van der Waals surface area contributed by atoms with Crippen LogP contribution in [0.5, 0.6) is 5.75 Å². The molecule has 1 unspecified atom stereocenters. The standard InChI is InChI=1S/C49H50ClN7O11S2/c1-49(2)25-32(51-31-10-4-8-29(24-31)43-41(50)42(68-26-39(59)60)44(69-43)47(63)64)17-20-56(49)70(66,67)27-28-7-3-9-30(23-28)52-48(65)55-19-6-18-54(21-22-55)35-14-13-34-40-33(35)11-5-12-36(40)57(46(34)62)37-15-16-38(58)53-45(37)61/h3-5,7-14,23-24,32,37,51H,6,15-22,25-27H2,1-2H3,(H,52,65)(H,59,60)(H,63,64)(H,53,58,61)/t32-,37?/m0/s1. The van der Waals surface area contributed by atoms with Crippen LogP contribution in [0.4, 0.5) is 27.5 Å². The highest BCUT2D eigenvalue weighted by atomic mass is 35.5. The second kappa shape index (κ2) is 19.2. The maximum Gasteiger partial charge on any atom is 0.349 e. The van der Waals surface area contributed by atoms with E-state index < -0.39 is 46.1 Å². The van der Waals surface area contributed by atoms with Crippen LogP contribution in [0.1, 0.15) is 71.5 Å². The number of aromatic carboxylic acids is 1. The van der Waals surface area contributed by atoms with Crippen molar-refractivity contribution in [1.82, 2.24) is 14.5 Å². The number of hydrogen-bond donors (Lipinski definition) is 5. The number of carboxylic acids is 2. The van der Waals surface area contributed by atoms with E-state index in [0.29, 0.717) is 84.1 Å². The second-order valence-electron chi connectivity index (χ2n) is 18.4. The second-order valence-corrected chi connectivity index (χ2v) is 21.7. The lowest BCUT2D eigenvalue weighted by Crippen LogP contribution is -2.55. The number of carbonyl (C=O) groups is 6. The molecule has 5 heterocycles. The van der Waals surface area contributed by atoms with Crippen LogP contribution in [0.3, 0.4) is 0 Å². The summed E-state index contributed by atoms with van der Waals surface area (Å²) >= 11 is 7.41. The van der Waals surface area contributed by atoms with Crippen molar-refractivity contribution >= 4 is 102 Å². The first-order chi connectivity index (χ1) is 33.4. The average molecular weight is 1010 g/mol. The molecule has 18 nitrogen and oxygen atoms in total. The lowest BCUT2D eigenvalue weighted by Gasteiger charge is -2.45. The molecule has 70 heavy (non-hydrogen) atoms. The van der Waals surface area contributed by atoms with Crippen LogP contribution >= 0.6 is 22.9 Å². The number of rotatable bonds is 13. The molecule has 0 aliphatic carbocycles. The average Bonchev–Trinajstić information content (AvgIpc) is 3.65. The van der Waals surface area contributed by atoms with Crippen LogP contribution in [0, 0.1) is 0 Å². The van der Waals surface area contributed by atoms with Crippen molar-refractivity contribution in [2.45, 2.75) is 69.3 Å². The third kappa shape index (κ3) is 9.60. The van der Waals surface area contributed by atoms with E-state index in [-0.39, 0.29) is 64.7 Å². The third-order valence-electron chi connectivity index (χ3n) is 13.2. The van der Waals surface area contributed by atoms with Crippen molar-refractivity contribution in [3.8, 4) is 16.2 Å². The van der Waals surface area contributed by atoms with Gasteiger partial charge in [0.05, 0.1) is 21.9 Å². The summed E-state index contributed by atoms with van der Waals surface area (Å²) in [7, 11) is -3.83. The summed E-state index contributed by atoms with van der Waals surface area (Å²) in [6.07, 6.45) is 2.03. The molecule has 5 amide bonds. The Kier molecular flexibility index (Phi) is 13.3. The van der Waals surface area contributed by atoms with Gasteiger partial charge in [0, 0.05) is 78.6 Å². The zero-order valence-corrected chi connectivity index (χ0v) is 40.6. The minimum absolute atomic E-state index is 0.00454. The lowest BCUT2D eigenvalue weighted by molar-refractivity contribution is -0.139. The molecule has 4 aliphatic heterocycles.